The highest BCUT2D eigenvalue weighted by Gasteiger charge is 2.25. The molecule has 0 aromatic rings. The lowest BCUT2D eigenvalue weighted by Gasteiger charge is -2.17. The highest BCUT2D eigenvalue weighted by molar-refractivity contribution is 5.81. The van der Waals surface area contributed by atoms with Gasteiger partial charge >= 0.3 is 11.9 Å². The molecule has 0 saturated heterocycles. The van der Waals surface area contributed by atoms with Crippen molar-refractivity contribution < 1.29 is 30.0 Å². The van der Waals surface area contributed by atoms with Crippen molar-refractivity contribution in [2.75, 3.05) is 6.61 Å². The average molecular weight is 342 g/mol. The predicted octanol–water partition coefficient (Wildman–Crippen LogP) is 2.60. The van der Waals surface area contributed by atoms with E-state index >= 15 is 0 Å². The lowest BCUT2D eigenvalue weighted by Crippen LogP contribution is -2.31. The summed E-state index contributed by atoms with van der Waals surface area (Å²) in [4.78, 5) is 21.4. The van der Waals surface area contributed by atoms with Crippen LogP contribution in [-0.2, 0) is 9.59 Å². The Morgan fingerprint density at radius 3 is 2.12 bits per heavy atom. The van der Waals surface area contributed by atoms with Crippen molar-refractivity contribution in [3.8, 4) is 0 Å². The van der Waals surface area contributed by atoms with Gasteiger partial charge in [0, 0.05) is 6.08 Å². The molecule has 0 radical (unpaired) electrons. The number of aliphatic hydroxyl groups is 2. The molecule has 138 valence electrons. The second kappa shape index (κ2) is 11.8. The number of allylic oxidation sites excluding steroid dienone is 3. The number of carboxylic acids is 2. The van der Waals surface area contributed by atoms with Crippen LogP contribution >= 0.6 is 0 Å². The summed E-state index contributed by atoms with van der Waals surface area (Å²) in [7, 11) is 0. The first kappa shape index (κ1) is 22.3. The van der Waals surface area contributed by atoms with Gasteiger partial charge in [-0.05, 0) is 38.2 Å². The Morgan fingerprint density at radius 2 is 1.62 bits per heavy atom. The van der Waals surface area contributed by atoms with Crippen LogP contribution in [0.15, 0.2) is 23.3 Å². The van der Waals surface area contributed by atoms with Crippen LogP contribution in [0, 0.1) is 11.8 Å². The fourth-order valence-corrected chi connectivity index (χ4v) is 2.75. The SMILES string of the molecule is CC(=C\C(=O)O)/C=C(\C)C[C@H](C)CCCC[C@@H](O)[C@H](CO)C(=O)O. The van der Waals surface area contributed by atoms with Gasteiger partial charge in [-0.2, -0.15) is 0 Å². The first-order valence-corrected chi connectivity index (χ1v) is 8.27. The Kier molecular flexibility index (Phi) is 11.0. The third kappa shape index (κ3) is 10.2. The number of hydrogen-bond acceptors (Lipinski definition) is 4. The van der Waals surface area contributed by atoms with E-state index in [4.69, 9.17) is 15.3 Å². The molecule has 0 fully saturated rings. The summed E-state index contributed by atoms with van der Waals surface area (Å²) in [6, 6.07) is 0. The molecule has 6 nitrogen and oxygen atoms in total. The summed E-state index contributed by atoms with van der Waals surface area (Å²) in [6.07, 6.45) is 5.76. The number of unbranched alkanes of at least 4 members (excludes halogenated alkanes) is 1. The predicted molar refractivity (Wildman–Crippen MR) is 91.6 cm³/mol. The molecule has 0 aliphatic rings. The quantitative estimate of drug-likeness (QED) is 0.246. The van der Waals surface area contributed by atoms with E-state index in [0.717, 1.165) is 24.8 Å². The summed E-state index contributed by atoms with van der Waals surface area (Å²) >= 11 is 0. The third-order valence-corrected chi connectivity index (χ3v) is 3.92. The highest BCUT2D eigenvalue weighted by Crippen LogP contribution is 2.20. The van der Waals surface area contributed by atoms with E-state index in [1.165, 1.54) is 6.08 Å². The Morgan fingerprint density at radius 1 is 1.04 bits per heavy atom. The first-order chi connectivity index (χ1) is 11.2. The van der Waals surface area contributed by atoms with Crippen LogP contribution in [0.25, 0.3) is 0 Å². The van der Waals surface area contributed by atoms with Gasteiger partial charge in [-0.25, -0.2) is 4.79 Å². The van der Waals surface area contributed by atoms with Gasteiger partial charge in [0.2, 0.25) is 0 Å². The van der Waals surface area contributed by atoms with Crippen LogP contribution in [0.4, 0.5) is 0 Å². The Labute approximate surface area is 143 Å². The molecule has 0 aromatic heterocycles. The van der Waals surface area contributed by atoms with E-state index in [1.807, 2.05) is 13.0 Å². The zero-order valence-corrected chi connectivity index (χ0v) is 14.7. The number of carboxylic acid groups (broad SMARTS) is 2. The monoisotopic (exact) mass is 342 g/mol. The van der Waals surface area contributed by atoms with Crippen molar-refractivity contribution >= 4 is 11.9 Å². The Bertz CT molecular complexity index is 466. The van der Waals surface area contributed by atoms with Crippen molar-refractivity contribution in [2.24, 2.45) is 11.8 Å². The number of carbonyl (C=O) groups is 2. The normalized spacial score (nSPS) is 16.5. The fourth-order valence-electron chi connectivity index (χ4n) is 2.75. The molecule has 3 atom stereocenters. The van der Waals surface area contributed by atoms with Crippen LogP contribution < -0.4 is 0 Å². The fraction of sp³-hybridized carbons (Fsp3) is 0.667. The van der Waals surface area contributed by atoms with Crippen molar-refractivity contribution in [3.05, 3.63) is 23.3 Å². The van der Waals surface area contributed by atoms with Gasteiger partial charge in [-0.3, -0.25) is 4.79 Å². The first-order valence-electron chi connectivity index (χ1n) is 8.27. The number of aliphatic carboxylic acids is 2. The van der Waals surface area contributed by atoms with Crippen molar-refractivity contribution in [1.29, 1.82) is 0 Å². The van der Waals surface area contributed by atoms with Crippen molar-refractivity contribution in [3.63, 3.8) is 0 Å². The molecule has 24 heavy (non-hydrogen) atoms. The molecule has 0 unspecified atom stereocenters. The minimum atomic E-state index is -1.18. The summed E-state index contributed by atoms with van der Waals surface area (Å²) < 4.78 is 0. The third-order valence-electron chi connectivity index (χ3n) is 3.92. The molecule has 0 bridgehead atoms. The van der Waals surface area contributed by atoms with Crippen LogP contribution in [0.1, 0.15) is 52.9 Å². The molecule has 0 heterocycles. The van der Waals surface area contributed by atoms with E-state index in [0.29, 0.717) is 24.3 Å². The molecule has 0 aliphatic carbocycles. The molecule has 0 aliphatic heterocycles. The number of rotatable bonds is 12. The maximum atomic E-state index is 10.8. The van der Waals surface area contributed by atoms with E-state index in [1.54, 1.807) is 6.92 Å². The lowest BCUT2D eigenvalue weighted by molar-refractivity contribution is -0.147. The van der Waals surface area contributed by atoms with Gasteiger partial charge in [0.05, 0.1) is 12.7 Å². The molecule has 0 spiro atoms. The number of aliphatic hydroxyl groups excluding tert-OH is 2. The molecule has 0 amide bonds. The smallest absolute Gasteiger partial charge is 0.328 e. The second-order valence-electron chi connectivity index (χ2n) is 6.51. The zero-order chi connectivity index (χ0) is 18.7. The largest absolute Gasteiger partial charge is 0.481 e. The second-order valence-corrected chi connectivity index (χ2v) is 6.51. The maximum absolute atomic E-state index is 10.8. The van der Waals surface area contributed by atoms with Gasteiger partial charge in [-0.1, -0.05) is 37.8 Å². The molecular weight excluding hydrogens is 312 g/mol. The van der Waals surface area contributed by atoms with E-state index in [9.17, 15) is 14.7 Å². The van der Waals surface area contributed by atoms with E-state index in [-0.39, 0.29) is 0 Å². The van der Waals surface area contributed by atoms with Crippen LogP contribution in [-0.4, -0.2) is 45.1 Å². The summed E-state index contributed by atoms with van der Waals surface area (Å²) in [5.41, 5.74) is 1.82. The highest BCUT2D eigenvalue weighted by atomic mass is 16.4. The topological polar surface area (TPSA) is 115 Å². The van der Waals surface area contributed by atoms with Gasteiger partial charge in [0.25, 0.3) is 0 Å². The Hall–Kier alpha value is -1.66. The summed E-state index contributed by atoms with van der Waals surface area (Å²) in [5.74, 6) is -2.82. The van der Waals surface area contributed by atoms with Crippen LogP contribution in [0.5, 0.6) is 0 Å². The van der Waals surface area contributed by atoms with Crippen molar-refractivity contribution in [1.82, 2.24) is 0 Å². The minimum absolute atomic E-state index is 0.361. The summed E-state index contributed by atoms with van der Waals surface area (Å²) in [5, 5.41) is 36.2. The van der Waals surface area contributed by atoms with Crippen molar-refractivity contribution in [2.45, 2.75) is 59.0 Å². The van der Waals surface area contributed by atoms with Gasteiger partial charge in [0.1, 0.15) is 5.92 Å². The average Bonchev–Trinajstić information content (AvgIpc) is 2.42. The summed E-state index contributed by atoms with van der Waals surface area (Å²) in [6.45, 7) is 5.28. The van der Waals surface area contributed by atoms with Gasteiger partial charge in [-0.15, -0.1) is 0 Å². The standard InChI is InChI=1S/C18H30O6/c1-12(8-13(2)9-14(3)10-17(21)22)6-4-5-7-16(20)15(11-19)18(23)24/h9-10,12,15-16,19-20H,4-8,11H2,1-3H3,(H,21,22)(H,23,24)/b13-9+,14-10+/t12-,15+,16-/m1/s1. The minimum Gasteiger partial charge on any atom is -0.481 e. The molecule has 0 rings (SSSR count). The van der Waals surface area contributed by atoms with Crippen LogP contribution in [0.3, 0.4) is 0 Å². The van der Waals surface area contributed by atoms with Gasteiger partial charge < -0.3 is 20.4 Å². The molecule has 6 heteroatoms. The molecule has 0 saturated carbocycles. The Balaban J connectivity index is 4.14. The van der Waals surface area contributed by atoms with Crippen LogP contribution in [0.2, 0.25) is 0 Å². The lowest BCUT2D eigenvalue weighted by atomic mass is 9.93. The molecule has 4 N–H and O–H groups in total. The molecule has 0 aromatic carbocycles. The van der Waals surface area contributed by atoms with E-state index in [2.05, 4.69) is 6.92 Å². The maximum Gasteiger partial charge on any atom is 0.328 e. The number of hydrogen-bond donors (Lipinski definition) is 4. The zero-order valence-electron chi connectivity index (χ0n) is 14.7. The van der Waals surface area contributed by atoms with E-state index < -0.39 is 30.6 Å². The van der Waals surface area contributed by atoms with Gasteiger partial charge in [0.15, 0.2) is 0 Å². The molecular formula is C18H30O6.